The van der Waals surface area contributed by atoms with Crippen LogP contribution in [0.5, 0.6) is 0 Å². The molecule has 21 heavy (non-hydrogen) atoms. The Labute approximate surface area is 123 Å². The number of para-hydroxylation sites is 2. The summed E-state index contributed by atoms with van der Waals surface area (Å²) in [4.78, 5) is 22.9. The Bertz CT molecular complexity index is 641. The Morgan fingerprint density at radius 2 is 1.95 bits per heavy atom. The number of carbonyl (C=O) groups excluding carboxylic acids is 1. The van der Waals surface area contributed by atoms with Crippen LogP contribution in [0, 0.1) is 0 Å². The zero-order chi connectivity index (χ0) is 15.1. The van der Waals surface area contributed by atoms with Gasteiger partial charge in [0, 0.05) is 13.0 Å². The summed E-state index contributed by atoms with van der Waals surface area (Å²) in [6, 6.07) is 7.44. The average molecular weight is 291 g/mol. The van der Waals surface area contributed by atoms with Crippen molar-refractivity contribution in [3.05, 3.63) is 34.8 Å². The maximum absolute atomic E-state index is 11.8. The van der Waals surface area contributed by atoms with Gasteiger partial charge in [0.25, 0.3) is 0 Å². The number of nitrogens with zero attached hydrogens (tertiary/aromatic N) is 1. The van der Waals surface area contributed by atoms with Crippen molar-refractivity contribution in [1.29, 1.82) is 0 Å². The van der Waals surface area contributed by atoms with Crippen LogP contribution in [0.1, 0.15) is 39.0 Å². The van der Waals surface area contributed by atoms with Crippen LogP contribution >= 0.6 is 0 Å². The second-order valence-electron chi connectivity index (χ2n) is 4.96. The quantitative estimate of drug-likeness (QED) is 0.554. The molecule has 0 saturated heterocycles. The number of ether oxygens (including phenoxy) is 1. The molecule has 0 spiro atoms. The number of carbonyl (C=O) groups is 1. The lowest BCUT2D eigenvalue weighted by atomic mass is 10.1. The van der Waals surface area contributed by atoms with Gasteiger partial charge in [-0.1, -0.05) is 25.0 Å². The lowest BCUT2D eigenvalue weighted by molar-refractivity contribution is -0.143. The fraction of sp³-hybridized carbons (Fsp3) is 0.500. The number of aryl methyl sites for hydroxylation is 1. The van der Waals surface area contributed by atoms with Gasteiger partial charge >= 0.3 is 11.7 Å². The smallest absolute Gasteiger partial charge is 0.419 e. The van der Waals surface area contributed by atoms with Crippen molar-refractivity contribution in [1.82, 2.24) is 4.57 Å². The largest absolute Gasteiger partial charge is 0.466 e. The van der Waals surface area contributed by atoms with Crippen LogP contribution in [0.25, 0.3) is 11.1 Å². The minimum atomic E-state index is -0.303. The number of hydrogen-bond acceptors (Lipinski definition) is 4. The Hall–Kier alpha value is -2.04. The molecule has 0 atom stereocenters. The number of benzene rings is 1. The highest BCUT2D eigenvalue weighted by atomic mass is 16.5. The number of unbranched alkanes of at least 4 members (excludes halogenated alkanes) is 3. The van der Waals surface area contributed by atoms with Gasteiger partial charge in [0.15, 0.2) is 5.58 Å². The van der Waals surface area contributed by atoms with Gasteiger partial charge in [-0.15, -0.1) is 0 Å². The van der Waals surface area contributed by atoms with Gasteiger partial charge in [0.2, 0.25) is 0 Å². The predicted octanol–water partition coefficient (Wildman–Crippen LogP) is 3.11. The maximum Gasteiger partial charge on any atom is 0.419 e. The van der Waals surface area contributed by atoms with E-state index in [1.807, 2.05) is 25.1 Å². The molecule has 0 unspecified atom stereocenters. The molecule has 1 aromatic heterocycles. The van der Waals surface area contributed by atoms with Crippen LogP contribution in [0.15, 0.2) is 33.5 Å². The van der Waals surface area contributed by atoms with Crippen LogP contribution in [0.2, 0.25) is 0 Å². The minimum Gasteiger partial charge on any atom is -0.466 e. The molecule has 5 nitrogen and oxygen atoms in total. The lowest BCUT2D eigenvalue weighted by Gasteiger charge is -2.03. The SMILES string of the molecule is CCOC(=O)CCCCCCn1c(=O)oc2ccccc21. The Morgan fingerprint density at radius 1 is 1.19 bits per heavy atom. The third-order valence-corrected chi connectivity index (χ3v) is 3.39. The molecule has 0 aliphatic carbocycles. The molecule has 0 aliphatic rings. The standard InChI is InChI=1S/C16H21NO4/c1-2-20-15(18)11-5-3-4-8-12-17-13-9-6-7-10-14(13)21-16(17)19/h6-7,9-10H,2-5,8,11-12H2,1H3. The van der Waals surface area contributed by atoms with Gasteiger partial charge in [-0.2, -0.15) is 0 Å². The fourth-order valence-corrected chi connectivity index (χ4v) is 2.35. The summed E-state index contributed by atoms with van der Waals surface area (Å²) in [5, 5.41) is 0. The molecule has 0 N–H and O–H groups in total. The van der Waals surface area contributed by atoms with Crippen LogP contribution in [0.4, 0.5) is 0 Å². The topological polar surface area (TPSA) is 61.4 Å². The highest BCUT2D eigenvalue weighted by molar-refractivity contribution is 5.72. The Morgan fingerprint density at radius 3 is 2.76 bits per heavy atom. The molecule has 0 aliphatic heterocycles. The zero-order valence-corrected chi connectivity index (χ0v) is 12.3. The van der Waals surface area contributed by atoms with Gasteiger partial charge in [0.1, 0.15) is 0 Å². The van der Waals surface area contributed by atoms with E-state index in [0.717, 1.165) is 31.2 Å². The molecule has 1 heterocycles. The van der Waals surface area contributed by atoms with Crippen molar-refractivity contribution in [3.8, 4) is 0 Å². The van der Waals surface area contributed by atoms with Crippen molar-refractivity contribution in [2.24, 2.45) is 0 Å². The van der Waals surface area contributed by atoms with Crippen molar-refractivity contribution in [3.63, 3.8) is 0 Å². The number of esters is 1. The third kappa shape index (κ3) is 4.21. The molecule has 5 heteroatoms. The monoisotopic (exact) mass is 291 g/mol. The molecule has 0 fully saturated rings. The van der Waals surface area contributed by atoms with E-state index in [0.29, 0.717) is 25.2 Å². The van der Waals surface area contributed by atoms with Crippen LogP contribution in [-0.4, -0.2) is 17.1 Å². The first-order valence-corrected chi connectivity index (χ1v) is 7.46. The molecular weight excluding hydrogens is 270 g/mol. The Balaban J connectivity index is 1.74. The van der Waals surface area contributed by atoms with E-state index < -0.39 is 0 Å². The fourth-order valence-electron chi connectivity index (χ4n) is 2.35. The van der Waals surface area contributed by atoms with E-state index >= 15 is 0 Å². The maximum atomic E-state index is 11.8. The zero-order valence-electron chi connectivity index (χ0n) is 12.3. The first kappa shape index (κ1) is 15.4. The highest BCUT2D eigenvalue weighted by Gasteiger charge is 2.07. The molecule has 0 saturated carbocycles. The summed E-state index contributed by atoms with van der Waals surface area (Å²) < 4.78 is 11.7. The van der Waals surface area contributed by atoms with Crippen molar-refractivity contribution in [2.45, 2.75) is 45.6 Å². The average Bonchev–Trinajstić information content (AvgIpc) is 2.79. The molecule has 2 rings (SSSR count). The molecule has 2 aromatic rings. The lowest BCUT2D eigenvalue weighted by Crippen LogP contribution is -2.14. The summed E-state index contributed by atoms with van der Waals surface area (Å²) in [6.45, 7) is 2.90. The second kappa shape index (κ2) is 7.67. The molecule has 0 radical (unpaired) electrons. The van der Waals surface area contributed by atoms with Gasteiger partial charge in [-0.25, -0.2) is 4.79 Å². The third-order valence-electron chi connectivity index (χ3n) is 3.39. The number of rotatable bonds is 8. The molecule has 1 aromatic carbocycles. The molecular formula is C16H21NO4. The van der Waals surface area contributed by atoms with Gasteiger partial charge in [0.05, 0.1) is 12.1 Å². The van der Waals surface area contributed by atoms with Crippen LogP contribution in [-0.2, 0) is 16.1 Å². The minimum absolute atomic E-state index is 0.130. The second-order valence-corrected chi connectivity index (χ2v) is 4.96. The van der Waals surface area contributed by atoms with Crippen LogP contribution in [0.3, 0.4) is 0 Å². The summed E-state index contributed by atoms with van der Waals surface area (Å²) in [7, 11) is 0. The summed E-state index contributed by atoms with van der Waals surface area (Å²) >= 11 is 0. The van der Waals surface area contributed by atoms with E-state index in [2.05, 4.69) is 0 Å². The predicted molar refractivity (Wildman–Crippen MR) is 80.2 cm³/mol. The summed E-state index contributed by atoms with van der Waals surface area (Å²) in [5.41, 5.74) is 1.47. The first-order chi connectivity index (χ1) is 10.2. The normalized spacial score (nSPS) is 10.9. The van der Waals surface area contributed by atoms with E-state index in [1.54, 1.807) is 10.6 Å². The Kier molecular flexibility index (Phi) is 5.60. The van der Waals surface area contributed by atoms with Crippen LogP contribution < -0.4 is 5.76 Å². The number of oxazole rings is 1. The van der Waals surface area contributed by atoms with Gasteiger partial charge < -0.3 is 9.15 Å². The van der Waals surface area contributed by atoms with Crippen molar-refractivity contribution in [2.75, 3.05) is 6.61 Å². The number of fused-ring (bicyclic) bond motifs is 1. The van der Waals surface area contributed by atoms with Gasteiger partial charge in [-0.05, 0) is 31.9 Å². The van der Waals surface area contributed by atoms with Gasteiger partial charge in [-0.3, -0.25) is 9.36 Å². The van der Waals surface area contributed by atoms with E-state index in [-0.39, 0.29) is 11.7 Å². The molecule has 0 amide bonds. The van der Waals surface area contributed by atoms with E-state index in [1.165, 1.54) is 0 Å². The molecule has 114 valence electrons. The summed E-state index contributed by atoms with van der Waals surface area (Å²) in [5.74, 6) is -0.433. The first-order valence-electron chi connectivity index (χ1n) is 7.46. The van der Waals surface area contributed by atoms with Crippen molar-refractivity contribution < 1.29 is 13.9 Å². The van der Waals surface area contributed by atoms with E-state index in [4.69, 9.17) is 9.15 Å². The van der Waals surface area contributed by atoms with E-state index in [9.17, 15) is 9.59 Å². The summed E-state index contributed by atoms with van der Waals surface area (Å²) in [6.07, 6.45) is 4.14. The number of hydrogen-bond donors (Lipinski definition) is 0. The number of aromatic nitrogens is 1. The highest BCUT2D eigenvalue weighted by Crippen LogP contribution is 2.13. The molecule has 0 bridgehead atoms. The van der Waals surface area contributed by atoms with Crippen molar-refractivity contribution >= 4 is 17.1 Å².